The van der Waals surface area contributed by atoms with Crippen molar-refractivity contribution in [1.29, 1.82) is 0 Å². The Hall–Kier alpha value is -1.68. The number of aromatic nitrogens is 2. The second kappa shape index (κ2) is 3.20. The minimum Gasteiger partial charge on any atom is -0.297 e. The van der Waals surface area contributed by atoms with Gasteiger partial charge in [-0.25, -0.2) is 4.98 Å². The molecule has 0 fully saturated rings. The number of nitrogens with zero attached hydrogens (tertiary/aromatic N) is 3. The molecule has 1 atom stereocenters. The number of fused-ring (bicyclic) bond motifs is 3. The van der Waals surface area contributed by atoms with Crippen LogP contribution in [-0.2, 0) is 0 Å². The maximum absolute atomic E-state index is 4.53. The second-order valence-electron chi connectivity index (χ2n) is 4.81. The molecule has 3 aliphatic rings. The largest absolute Gasteiger partial charge is 0.297 e. The van der Waals surface area contributed by atoms with Gasteiger partial charge < -0.3 is 0 Å². The molecule has 2 aliphatic heterocycles. The fourth-order valence-electron chi connectivity index (χ4n) is 3.10. The van der Waals surface area contributed by atoms with Crippen LogP contribution in [0.25, 0.3) is 5.70 Å². The van der Waals surface area contributed by atoms with Crippen LogP contribution in [0.4, 0.5) is 5.95 Å². The summed E-state index contributed by atoms with van der Waals surface area (Å²) in [5, 5.41) is 0.890. The van der Waals surface area contributed by atoms with Crippen LogP contribution in [-0.4, -0.2) is 15.1 Å². The molecule has 1 aromatic rings. The van der Waals surface area contributed by atoms with Crippen molar-refractivity contribution < 1.29 is 0 Å². The minimum absolute atomic E-state index is 0.196. The van der Waals surface area contributed by atoms with Gasteiger partial charge in [0.1, 0.15) is 5.54 Å². The lowest BCUT2D eigenvalue weighted by atomic mass is 9.87. The molecule has 4 heteroatoms. The lowest BCUT2D eigenvalue weighted by molar-refractivity contribution is 0.751. The number of hydrogen-bond donors (Lipinski definition) is 1. The molecule has 0 N–H and O–H groups in total. The average molecular weight is 255 g/mol. The fraction of sp³-hybridized carbons (Fsp3) is 0.214. The van der Waals surface area contributed by atoms with E-state index < -0.39 is 0 Å². The molecule has 0 bridgehead atoms. The number of allylic oxidation sites excluding steroid dienone is 5. The molecule has 1 unspecified atom stereocenters. The number of hydrogen-bond acceptors (Lipinski definition) is 3. The predicted octanol–water partition coefficient (Wildman–Crippen LogP) is 3.01. The van der Waals surface area contributed by atoms with Gasteiger partial charge in [-0.15, -0.1) is 12.6 Å². The summed E-state index contributed by atoms with van der Waals surface area (Å²) in [6.45, 7) is 2.12. The van der Waals surface area contributed by atoms with E-state index in [9.17, 15) is 0 Å². The molecule has 3 nitrogen and oxygen atoms in total. The van der Waals surface area contributed by atoms with E-state index in [4.69, 9.17) is 0 Å². The first-order chi connectivity index (χ1) is 8.74. The SMILES string of the molecule is CC1=CC=CC23C=CCC=C2n2c(S)cnc2N13. The lowest BCUT2D eigenvalue weighted by Crippen LogP contribution is -2.44. The average Bonchev–Trinajstić information content (AvgIpc) is 2.86. The van der Waals surface area contributed by atoms with Crippen molar-refractivity contribution in [2.45, 2.75) is 23.9 Å². The van der Waals surface area contributed by atoms with Crippen LogP contribution in [0.5, 0.6) is 0 Å². The highest BCUT2D eigenvalue weighted by Crippen LogP contribution is 2.49. The summed E-state index contributed by atoms with van der Waals surface area (Å²) in [6, 6.07) is 0. The lowest BCUT2D eigenvalue weighted by Gasteiger charge is -2.38. The number of rotatable bonds is 0. The van der Waals surface area contributed by atoms with E-state index in [-0.39, 0.29) is 5.54 Å². The summed E-state index contributed by atoms with van der Waals surface area (Å²) < 4.78 is 2.14. The number of anilines is 1. The maximum atomic E-state index is 4.53. The summed E-state index contributed by atoms with van der Waals surface area (Å²) in [5.41, 5.74) is 2.25. The number of imidazole rings is 1. The van der Waals surface area contributed by atoms with Crippen molar-refractivity contribution >= 4 is 24.3 Å². The Bertz CT molecular complexity index is 663. The van der Waals surface area contributed by atoms with Gasteiger partial charge in [0.25, 0.3) is 0 Å². The van der Waals surface area contributed by atoms with Crippen molar-refractivity contribution in [3.05, 3.63) is 48.4 Å². The molecular weight excluding hydrogens is 242 g/mol. The Kier molecular flexibility index (Phi) is 1.83. The topological polar surface area (TPSA) is 21.1 Å². The van der Waals surface area contributed by atoms with E-state index in [1.54, 1.807) is 0 Å². The highest BCUT2D eigenvalue weighted by Gasteiger charge is 2.48. The smallest absolute Gasteiger partial charge is 0.216 e. The molecule has 0 saturated carbocycles. The van der Waals surface area contributed by atoms with E-state index in [1.165, 1.54) is 11.4 Å². The highest BCUT2D eigenvalue weighted by molar-refractivity contribution is 7.80. The zero-order valence-electron chi connectivity index (χ0n) is 10.0. The maximum Gasteiger partial charge on any atom is 0.216 e. The minimum atomic E-state index is -0.196. The summed E-state index contributed by atoms with van der Waals surface area (Å²) in [7, 11) is 0. The zero-order chi connectivity index (χ0) is 12.3. The van der Waals surface area contributed by atoms with Gasteiger partial charge in [-0.1, -0.05) is 24.3 Å². The Morgan fingerprint density at radius 1 is 1.39 bits per heavy atom. The molecule has 0 aromatic carbocycles. The van der Waals surface area contributed by atoms with Gasteiger partial charge in [0.15, 0.2) is 0 Å². The van der Waals surface area contributed by atoms with Crippen LogP contribution in [0.1, 0.15) is 13.3 Å². The van der Waals surface area contributed by atoms with E-state index in [0.717, 1.165) is 17.4 Å². The summed E-state index contributed by atoms with van der Waals surface area (Å²) in [5.74, 6) is 0.955. The van der Waals surface area contributed by atoms with Gasteiger partial charge >= 0.3 is 0 Å². The molecule has 1 spiro atoms. The standard InChI is InChI=1S/C14H13N3S/c1-10-5-4-8-14-7-3-2-6-11(14)16-12(18)9-15-13(16)17(10)14/h3-9,18H,2H2,1H3. The van der Waals surface area contributed by atoms with E-state index in [1.807, 2.05) is 6.20 Å². The quantitative estimate of drug-likeness (QED) is 0.568. The molecule has 1 aromatic heterocycles. The summed E-state index contributed by atoms with van der Waals surface area (Å²) in [6.07, 6.45) is 16.0. The van der Waals surface area contributed by atoms with Gasteiger partial charge in [0, 0.05) is 5.70 Å². The van der Waals surface area contributed by atoms with E-state index in [0.29, 0.717) is 0 Å². The molecular formula is C14H13N3S. The van der Waals surface area contributed by atoms with Crippen molar-refractivity contribution in [3.8, 4) is 0 Å². The van der Waals surface area contributed by atoms with Crippen LogP contribution in [0.2, 0.25) is 0 Å². The van der Waals surface area contributed by atoms with Crippen LogP contribution in [0.15, 0.2) is 53.4 Å². The molecule has 1 aliphatic carbocycles. The third-order valence-electron chi connectivity index (χ3n) is 3.81. The van der Waals surface area contributed by atoms with Crippen molar-refractivity contribution in [2.75, 3.05) is 4.90 Å². The van der Waals surface area contributed by atoms with Crippen molar-refractivity contribution in [3.63, 3.8) is 0 Å². The Morgan fingerprint density at radius 3 is 3.17 bits per heavy atom. The monoisotopic (exact) mass is 255 g/mol. The Labute approximate surface area is 111 Å². The predicted molar refractivity (Wildman–Crippen MR) is 75.6 cm³/mol. The van der Waals surface area contributed by atoms with Crippen LogP contribution in [0.3, 0.4) is 0 Å². The summed E-state index contributed by atoms with van der Waals surface area (Å²) >= 11 is 4.53. The molecule has 3 heterocycles. The number of thiol groups is 1. The fourth-order valence-corrected chi connectivity index (χ4v) is 3.35. The molecule has 0 saturated heterocycles. The summed E-state index contributed by atoms with van der Waals surface area (Å²) in [4.78, 5) is 6.79. The second-order valence-corrected chi connectivity index (χ2v) is 5.27. The van der Waals surface area contributed by atoms with Gasteiger partial charge in [-0.2, -0.15) is 0 Å². The molecule has 0 radical (unpaired) electrons. The van der Waals surface area contributed by atoms with Crippen molar-refractivity contribution in [2.24, 2.45) is 0 Å². The van der Waals surface area contributed by atoms with Gasteiger partial charge in [-0.3, -0.25) is 9.47 Å². The third kappa shape index (κ3) is 1.00. The van der Waals surface area contributed by atoms with Gasteiger partial charge in [0.2, 0.25) is 5.95 Å². The Morgan fingerprint density at radius 2 is 2.28 bits per heavy atom. The normalized spacial score (nSPS) is 27.6. The first kappa shape index (κ1) is 10.3. The molecule has 90 valence electrons. The molecule has 18 heavy (non-hydrogen) atoms. The van der Waals surface area contributed by atoms with Crippen LogP contribution >= 0.6 is 12.6 Å². The molecule has 0 amide bonds. The zero-order valence-corrected chi connectivity index (χ0v) is 10.9. The first-order valence-electron chi connectivity index (χ1n) is 6.06. The third-order valence-corrected chi connectivity index (χ3v) is 4.12. The van der Waals surface area contributed by atoms with Crippen molar-refractivity contribution in [1.82, 2.24) is 9.55 Å². The van der Waals surface area contributed by atoms with Crippen LogP contribution < -0.4 is 4.90 Å². The van der Waals surface area contributed by atoms with E-state index >= 15 is 0 Å². The Balaban J connectivity index is 2.07. The van der Waals surface area contributed by atoms with E-state index in [2.05, 4.69) is 70.5 Å². The highest BCUT2D eigenvalue weighted by atomic mass is 32.1. The van der Waals surface area contributed by atoms with Gasteiger partial charge in [-0.05, 0) is 25.5 Å². The first-order valence-corrected chi connectivity index (χ1v) is 6.50. The molecule has 4 rings (SSSR count). The van der Waals surface area contributed by atoms with Crippen LogP contribution in [0, 0.1) is 0 Å². The van der Waals surface area contributed by atoms with Gasteiger partial charge in [0.05, 0.1) is 16.9 Å².